The monoisotopic (exact) mass is 411 g/mol. The second kappa shape index (κ2) is 6.65. The summed E-state index contributed by atoms with van der Waals surface area (Å²) in [6.45, 7) is 0.291. The zero-order valence-electron chi connectivity index (χ0n) is 14.9. The maximum absolute atomic E-state index is 12.2. The highest BCUT2D eigenvalue weighted by Gasteiger charge is 2.19. The van der Waals surface area contributed by atoms with E-state index in [1.54, 1.807) is 48.5 Å². The van der Waals surface area contributed by atoms with Crippen molar-refractivity contribution in [3.05, 3.63) is 76.8 Å². The minimum absolute atomic E-state index is 0.266. The van der Waals surface area contributed by atoms with Gasteiger partial charge in [-0.15, -0.1) is 0 Å². The molecule has 0 spiro atoms. The molecule has 7 heteroatoms. The van der Waals surface area contributed by atoms with Crippen LogP contribution in [0.15, 0.2) is 59.5 Å². The summed E-state index contributed by atoms with van der Waals surface area (Å²) >= 11 is 6.20. The lowest BCUT2D eigenvalue weighted by atomic mass is 10.1. The SMILES string of the molecule is CS(=O)(=O)c1ccccc1Cn1c2cc(Cl)c[c]c2c2c(C(N)=O)cccc21. The average Bonchev–Trinajstić information content (AvgIpc) is 2.94. The van der Waals surface area contributed by atoms with Crippen LogP contribution in [0, 0.1) is 6.07 Å². The smallest absolute Gasteiger partial charge is 0.249 e. The summed E-state index contributed by atoms with van der Waals surface area (Å²) in [6.07, 6.45) is 1.19. The largest absolute Gasteiger partial charge is 0.366 e. The first kappa shape index (κ1) is 18.5. The molecule has 0 unspecified atom stereocenters. The molecule has 0 saturated heterocycles. The highest BCUT2D eigenvalue weighted by molar-refractivity contribution is 7.90. The normalized spacial score (nSPS) is 11.9. The Bertz CT molecular complexity index is 1360. The molecule has 0 saturated carbocycles. The van der Waals surface area contributed by atoms with Crippen molar-refractivity contribution in [3.63, 3.8) is 0 Å². The maximum atomic E-state index is 12.2. The number of amides is 1. The molecule has 1 radical (unpaired) electrons. The second-order valence-electron chi connectivity index (χ2n) is 6.61. The fraction of sp³-hybridized carbons (Fsp3) is 0.0952. The Morgan fingerprint density at radius 3 is 2.61 bits per heavy atom. The standard InChI is InChI=1S/C21H16ClN2O3S/c1-28(26,27)19-8-3-2-5-13(19)12-24-17-7-4-6-16(21(23)25)20(17)15-10-9-14(22)11-18(15)24/h2-9,11H,12H2,1H3,(H2,23,25). The molecule has 141 valence electrons. The summed E-state index contributed by atoms with van der Waals surface area (Å²) < 4.78 is 26.4. The van der Waals surface area contributed by atoms with Gasteiger partial charge in [-0.1, -0.05) is 35.9 Å². The minimum atomic E-state index is -3.39. The Morgan fingerprint density at radius 2 is 1.89 bits per heavy atom. The highest BCUT2D eigenvalue weighted by Crippen LogP contribution is 2.34. The van der Waals surface area contributed by atoms with Crippen LogP contribution in [0.3, 0.4) is 0 Å². The first-order valence-electron chi connectivity index (χ1n) is 8.47. The van der Waals surface area contributed by atoms with Crippen molar-refractivity contribution in [3.8, 4) is 0 Å². The zero-order chi connectivity index (χ0) is 20.1. The Balaban J connectivity index is 2.06. The number of hydrogen-bond donors (Lipinski definition) is 1. The average molecular weight is 412 g/mol. The molecule has 0 atom stereocenters. The molecule has 0 fully saturated rings. The van der Waals surface area contributed by atoms with Crippen molar-refractivity contribution in [1.82, 2.24) is 4.57 Å². The Hall–Kier alpha value is -2.83. The highest BCUT2D eigenvalue weighted by atomic mass is 35.5. The lowest BCUT2D eigenvalue weighted by Crippen LogP contribution is -2.11. The molecule has 4 aromatic rings. The van der Waals surface area contributed by atoms with E-state index in [4.69, 9.17) is 17.3 Å². The molecule has 4 rings (SSSR count). The molecule has 5 nitrogen and oxygen atoms in total. The number of halogens is 1. The number of rotatable bonds is 4. The fourth-order valence-corrected chi connectivity index (χ4v) is 4.66. The van der Waals surface area contributed by atoms with Gasteiger partial charge in [-0.2, -0.15) is 0 Å². The summed E-state index contributed by atoms with van der Waals surface area (Å²) in [4.78, 5) is 12.2. The molecule has 0 aliphatic heterocycles. The van der Waals surface area contributed by atoms with E-state index in [0.29, 0.717) is 33.5 Å². The minimum Gasteiger partial charge on any atom is -0.366 e. The maximum Gasteiger partial charge on any atom is 0.249 e. The van der Waals surface area contributed by atoms with Crippen molar-refractivity contribution in [2.75, 3.05) is 6.26 Å². The molecule has 1 heterocycles. The number of carbonyl (C=O) groups is 1. The molecule has 0 aliphatic carbocycles. The number of nitrogens with two attached hydrogens (primary N) is 1. The summed E-state index contributed by atoms with van der Waals surface area (Å²) in [5.41, 5.74) is 8.12. The third-order valence-electron chi connectivity index (χ3n) is 4.73. The number of aromatic nitrogens is 1. The lowest BCUT2D eigenvalue weighted by Gasteiger charge is -2.12. The molecule has 1 amide bonds. The fourth-order valence-electron chi connectivity index (χ4n) is 3.57. The van der Waals surface area contributed by atoms with E-state index in [-0.39, 0.29) is 4.90 Å². The third-order valence-corrected chi connectivity index (χ3v) is 6.14. The van der Waals surface area contributed by atoms with Gasteiger partial charge in [0, 0.05) is 34.2 Å². The molecule has 1 aromatic heterocycles. The molecule has 3 aromatic carbocycles. The number of fused-ring (bicyclic) bond motifs is 3. The Morgan fingerprint density at radius 1 is 1.14 bits per heavy atom. The van der Waals surface area contributed by atoms with Gasteiger partial charge in [0.2, 0.25) is 5.91 Å². The number of benzene rings is 3. The van der Waals surface area contributed by atoms with Crippen LogP contribution in [0.25, 0.3) is 21.8 Å². The predicted molar refractivity (Wildman–Crippen MR) is 110 cm³/mol. The van der Waals surface area contributed by atoms with Gasteiger partial charge in [-0.25, -0.2) is 8.42 Å². The van der Waals surface area contributed by atoms with Crippen LogP contribution in [-0.2, 0) is 16.4 Å². The third kappa shape index (κ3) is 3.04. The van der Waals surface area contributed by atoms with Gasteiger partial charge in [0.05, 0.1) is 15.9 Å². The predicted octanol–water partition coefficient (Wildman–Crippen LogP) is 3.80. The quantitative estimate of drug-likeness (QED) is 0.554. The molecule has 2 N–H and O–H groups in total. The van der Waals surface area contributed by atoms with Gasteiger partial charge in [-0.05, 0) is 42.0 Å². The van der Waals surface area contributed by atoms with Crippen molar-refractivity contribution < 1.29 is 13.2 Å². The summed E-state index contributed by atoms with van der Waals surface area (Å²) in [5, 5.41) is 1.89. The van der Waals surface area contributed by atoms with Gasteiger partial charge in [0.15, 0.2) is 9.84 Å². The first-order chi connectivity index (χ1) is 13.3. The molecule has 28 heavy (non-hydrogen) atoms. The van der Waals surface area contributed by atoms with Crippen LogP contribution in [0.2, 0.25) is 5.02 Å². The van der Waals surface area contributed by atoms with E-state index in [9.17, 15) is 13.2 Å². The van der Waals surface area contributed by atoms with Gasteiger partial charge in [0.25, 0.3) is 0 Å². The summed E-state index contributed by atoms with van der Waals surface area (Å²) in [7, 11) is -3.39. The van der Waals surface area contributed by atoms with Crippen molar-refractivity contribution in [2.45, 2.75) is 11.4 Å². The van der Waals surface area contributed by atoms with E-state index >= 15 is 0 Å². The van der Waals surface area contributed by atoms with E-state index in [1.807, 2.05) is 10.6 Å². The number of carbonyl (C=O) groups excluding carboxylic acids is 1. The van der Waals surface area contributed by atoms with Crippen LogP contribution in [0.1, 0.15) is 15.9 Å². The lowest BCUT2D eigenvalue weighted by molar-refractivity contribution is 0.100. The van der Waals surface area contributed by atoms with Gasteiger partial charge in [0.1, 0.15) is 0 Å². The van der Waals surface area contributed by atoms with Gasteiger partial charge in [-0.3, -0.25) is 4.79 Å². The van der Waals surface area contributed by atoms with E-state index < -0.39 is 15.7 Å². The van der Waals surface area contributed by atoms with Gasteiger partial charge < -0.3 is 10.3 Å². The molecule has 0 aliphatic rings. The van der Waals surface area contributed by atoms with E-state index in [2.05, 4.69) is 6.07 Å². The van der Waals surface area contributed by atoms with Crippen LogP contribution in [0.5, 0.6) is 0 Å². The van der Waals surface area contributed by atoms with Crippen LogP contribution >= 0.6 is 11.6 Å². The second-order valence-corrected chi connectivity index (χ2v) is 9.03. The summed E-state index contributed by atoms with van der Waals surface area (Å²) in [6, 6.07) is 18.7. The van der Waals surface area contributed by atoms with Gasteiger partial charge >= 0.3 is 0 Å². The Kier molecular flexibility index (Phi) is 4.40. The zero-order valence-corrected chi connectivity index (χ0v) is 16.5. The topological polar surface area (TPSA) is 82.2 Å². The number of primary amides is 1. The number of nitrogens with zero attached hydrogens (tertiary/aromatic N) is 1. The van der Waals surface area contributed by atoms with Crippen molar-refractivity contribution in [1.29, 1.82) is 0 Å². The van der Waals surface area contributed by atoms with E-state index in [0.717, 1.165) is 11.0 Å². The first-order valence-corrected chi connectivity index (χ1v) is 10.7. The van der Waals surface area contributed by atoms with Crippen LogP contribution in [0.4, 0.5) is 0 Å². The van der Waals surface area contributed by atoms with Crippen molar-refractivity contribution >= 4 is 49.2 Å². The molecular weight excluding hydrogens is 396 g/mol. The number of sulfone groups is 1. The molecular formula is C21H16ClN2O3S. The van der Waals surface area contributed by atoms with Crippen LogP contribution < -0.4 is 5.73 Å². The van der Waals surface area contributed by atoms with E-state index in [1.165, 1.54) is 6.26 Å². The molecule has 0 bridgehead atoms. The summed E-state index contributed by atoms with van der Waals surface area (Å²) in [5.74, 6) is -0.537. The van der Waals surface area contributed by atoms with Crippen molar-refractivity contribution in [2.24, 2.45) is 5.73 Å². The number of hydrogen-bond acceptors (Lipinski definition) is 3. The van der Waals surface area contributed by atoms with Crippen LogP contribution in [-0.4, -0.2) is 25.1 Å². The Labute approximate surface area is 167 Å².